The zero-order chi connectivity index (χ0) is 16.9. The third-order valence-electron chi connectivity index (χ3n) is 3.85. The number of nitrogens with two attached hydrogens (primary N) is 1. The van der Waals surface area contributed by atoms with Crippen molar-refractivity contribution in [2.45, 2.75) is 17.7 Å². The highest BCUT2D eigenvalue weighted by molar-refractivity contribution is 8.00. The number of nitrogens with one attached hydrogen (secondary N) is 1. The molecule has 1 aliphatic heterocycles. The molecule has 1 fully saturated rings. The Hall–Kier alpha value is -1.69. The SMILES string of the molecule is NCC1CCSC(c2cccc(Oc3ccccc3Cl)c2)C(=O)N1. The molecule has 0 radical (unpaired) electrons. The van der Waals surface area contributed by atoms with Crippen LogP contribution in [0.2, 0.25) is 5.02 Å². The van der Waals surface area contributed by atoms with Gasteiger partial charge in [0.2, 0.25) is 5.91 Å². The molecule has 2 unspecified atom stereocenters. The molecular weight excluding hydrogens is 344 g/mol. The average Bonchev–Trinajstić information content (AvgIpc) is 2.78. The largest absolute Gasteiger partial charge is 0.456 e. The van der Waals surface area contributed by atoms with Crippen molar-refractivity contribution in [1.29, 1.82) is 0 Å². The Bertz CT molecular complexity index is 726. The van der Waals surface area contributed by atoms with Gasteiger partial charge in [0.25, 0.3) is 0 Å². The zero-order valence-corrected chi connectivity index (χ0v) is 14.6. The fourth-order valence-corrected chi connectivity index (χ4v) is 3.96. The van der Waals surface area contributed by atoms with Gasteiger partial charge in [-0.05, 0) is 42.0 Å². The Morgan fingerprint density at radius 3 is 2.88 bits per heavy atom. The lowest BCUT2D eigenvalue weighted by molar-refractivity contribution is -0.121. The molecule has 6 heteroatoms. The van der Waals surface area contributed by atoms with Gasteiger partial charge in [-0.2, -0.15) is 0 Å². The minimum Gasteiger partial charge on any atom is -0.456 e. The fraction of sp³-hybridized carbons (Fsp3) is 0.278. The van der Waals surface area contributed by atoms with Gasteiger partial charge in [-0.25, -0.2) is 0 Å². The summed E-state index contributed by atoms with van der Waals surface area (Å²) in [6, 6.07) is 14.9. The van der Waals surface area contributed by atoms with Crippen LogP contribution in [0, 0.1) is 0 Å². The summed E-state index contributed by atoms with van der Waals surface area (Å²) in [5.74, 6) is 2.15. The summed E-state index contributed by atoms with van der Waals surface area (Å²) in [4.78, 5) is 12.5. The van der Waals surface area contributed by atoms with E-state index in [2.05, 4.69) is 5.32 Å². The van der Waals surface area contributed by atoms with E-state index in [9.17, 15) is 4.79 Å². The van der Waals surface area contributed by atoms with Crippen molar-refractivity contribution in [3.8, 4) is 11.5 Å². The van der Waals surface area contributed by atoms with Gasteiger partial charge in [0.05, 0.1) is 5.02 Å². The molecule has 4 nitrogen and oxygen atoms in total. The number of carbonyl (C=O) groups is 1. The normalized spacial score (nSPS) is 21.0. The molecule has 2 aromatic carbocycles. The molecular formula is C18H19ClN2O2S. The first kappa shape index (κ1) is 17.1. The standard InChI is InChI=1S/C18H19ClN2O2S/c19-15-6-1-2-7-16(15)23-14-5-3-4-12(10-14)17-18(22)21-13(11-20)8-9-24-17/h1-7,10,13,17H,8-9,11,20H2,(H,21,22). The summed E-state index contributed by atoms with van der Waals surface area (Å²) in [5.41, 5.74) is 6.60. The summed E-state index contributed by atoms with van der Waals surface area (Å²) < 4.78 is 5.86. The second kappa shape index (κ2) is 7.92. The van der Waals surface area contributed by atoms with Gasteiger partial charge >= 0.3 is 0 Å². The van der Waals surface area contributed by atoms with Crippen molar-refractivity contribution in [3.05, 3.63) is 59.1 Å². The number of halogens is 1. The topological polar surface area (TPSA) is 64.3 Å². The number of benzene rings is 2. The Balaban J connectivity index is 1.80. The Morgan fingerprint density at radius 1 is 1.25 bits per heavy atom. The van der Waals surface area contributed by atoms with Crippen molar-refractivity contribution in [2.75, 3.05) is 12.3 Å². The van der Waals surface area contributed by atoms with E-state index in [0.29, 0.717) is 23.1 Å². The maximum Gasteiger partial charge on any atom is 0.237 e. The molecule has 1 amide bonds. The van der Waals surface area contributed by atoms with Gasteiger partial charge in [-0.15, -0.1) is 11.8 Å². The molecule has 2 atom stereocenters. The van der Waals surface area contributed by atoms with Crippen molar-refractivity contribution < 1.29 is 9.53 Å². The van der Waals surface area contributed by atoms with Crippen LogP contribution in [0.5, 0.6) is 11.5 Å². The molecule has 24 heavy (non-hydrogen) atoms. The molecule has 1 aliphatic rings. The van der Waals surface area contributed by atoms with Crippen LogP contribution in [0.25, 0.3) is 0 Å². The summed E-state index contributed by atoms with van der Waals surface area (Å²) in [6.07, 6.45) is 0.888. The number of thioether (sulfide) groups is 1. The maximum atomic E-state index is 12.5. The summed E-state index contributed by atoms with van der Waals surface area (Å²) in [7, 11) is 0. The summed E-state index contributed by atoms with van der Waals surface area (Å²) >= 11 is 7.77. The number of hydrogen-bond donors (Lipinski definition) is 2. The third-order valence-corrected chi connectivity index (χ3v) is 5.45. The lowest BCUT2D eigenvalue weighted by atomic mass is 10.1. The van der Waals surface area contributed by atoms with Gasteiger partial charge in [-0.1, -0.05) is 35.9 Å². The number of rotatable bonds is 4. The lowest BCUT2D eigenvalue weighted by Gasteiger charge is -2.16. The average molecular weight is 363 g/mol. The lowest BCUT2D eigenvalue weighted by Crippen LogP contribution is -2.40. The molecule has 0 aromatic heterocycles. The van der Waals surface area contributed by atoms with E-state index in [1.165, 1.54) is 0 Å². The van der Waals surface area contributed by atoms with Gasteiger partial charge in [0.1, 0.15) is 16.7 Å². The Morgan fingerprint density at radius 2 is 2.08 bits per heavy atom. The van der Waals surface area contributed by atoms with E-state index in [-0.39, 0.29) is 17.2 Å². The highest BCUT2D eigenvalue weighted by Crippen LogP contribution is 2.35. The van der Waals surface area contributed by atoms with Crippen molar-refractivity contribution in [3.63, 3.8) is 0 Å². The van der Waals surface area contributed by atoms with Crippen LogP contribution in [-0.2, 0) is 4.79 Å². The molecule has 3 rings (SSSR count). The van der Waals surface area contributed by atoms with E-state index in [1.54, 1.807) is 17.8 Å². The summed E-state index contributed by atoms with van der Waals surface area (Å²) in [5, 5.41) is 3.31. The Kier molecular flexibility index (Phi) is 5.66. The van der Waals surface area contributed by atoms with Crippen LogP contribution in [-0.4, -0.2) is 24.2 Å². The number of ether oxygens (including phenoxy) is 1. The van der Waals surface area contributed by atoms with Gasteiger partial charge in [0.15, 0.2) is 0 Å². The van der Waals surface area contributed by atoms with Gasteiger partial charge in [0, 0.05) is 12.6 Å². The van der Waals surface area contributed by atoms with E-state index >= 15 is 0 Å². The molecule has 126 valence electrons. The van der Waals surface area contributed by atoms with E-state index in [4.69, 9.17) is 22.1 Å². The molecule has 1 heterocycles. The number of para-hydroxylation sites is 1. The molecule has 3 N–H and O–H groups in total. The minimum atomic E-state index is -0.253. The maximum absolute atomic E-state index is 12.5. The smallest absolute Gasteiger partial charge is 0.237 e. The molecule has 0 saturated carbocycles. The monoisotopic (exact) mass is 362 g/mol. The second-order valence-electron chi connectivity index (χ2n) is 5.59. The Labute approximate surface area is 150 Å². The van der Waals surface area contributed by atoms with E-state index in [0.717, 1.165) is 17.7 Å². The van der Waals surface area contributed by atoms with Crippen molar-refractivity contribution in [2.24, 2.45) is 5.73 Å². The predicted molar refractivity (Wildman–Crippen MR) is 98.8 cm³/mol. The van der Waals surface area contributed by atoms with Crippen LogP contribution in [0.4, 0.5) is 0 Å². The second-order valence-corrected chi connectivity index (χ2v) is 7.21. The highest BCUT2D eigenvalue weighted by atomic mass is 35.5. The summed E-state index contributed by atoms with van der Waals surface area (Å²) in [6.45, 7) is 0.467. The van der Waals surface area contributed by atoms with Crippen LogP contribution in [0.3, 0.4) is 0 Å². The fourth-order valence-electron chi connectivity index (χ4n) is 2.57. The van der Waals surface area contributed by atoms with Gasteiger partial charge in [-0.3, -0.25) is 4.79 Å². The van der Waals surface area contributed by atoms with Crippen molar-refractivity contribution in [1.82, 2.24) is 5.32 Å². The van der Waals surface area contributed by atoms with Crippen LogP contribution in [0.1, 0.15) is 17.2 Å². The quantitative estimate of drug-likeness (QED) is 0.869. The predicted octanol–water partition coefficient (Wildman–Crippen LogP) is 3.75. The van der Waals surface area contributed by atoms with Crippen LogP contribution in [0.15, 0.2) is 48.5 Å². The van der Waals surface area contributed by atoms with Gasteiger partial charge < -0.3 is 15.8 Å². The molecule has 0 aliphatic carbocycles. The number of carbonyl (C=O) groups excluding carboxylic acids is 1. The third kappa shape index (κ3) is 4.04. The van der Waals surface area contributed by atoms with E-state index < -0.39 is 0 Å². The van der Waals surface area contributed by atoms with Crippen molar-refractivity contribution >= 4 is 29.3 Å². The number of hydrogen-bond acceptors (Lipinski definition) is 4. The van der Waals surface area contributed by atoms with E-state index in [1.807, 2.05) is 42.5 Å². The molecule has 1 saturated heterocycles. The zero-order valence-electron chi connectivity index (χ0n) is 13.1. The highest BCUT2D eigenvalue weighted by Gasteiger charge is 2.27. The number of amides is 1. The minimum absolute atomic E-state index is 0.00263. The van der Waals surface area contributed by atoms with Crippen LogP contribution < -0.4 is 15.8 Å². The van der Waals surface area contributed by atoms with Crippen LogP contribution >= 0.6 is 23.4 Å². The molecule has 2 aromatic rings. The first-order valence-corrected chi connectivity index (χ1v) is 9.24. The molecule has 0 spiro atoms. The molecule has 0 bridgehead atoms. The first-order chi connectivity index (χ1) is 11.7. The first-order valence-electron chi connectivity index (χ1n) is 7.82.